The van der Waals surface area contributed by atoms with Crippen molar-refractivity contribution in [1.82, 2.24) is 9.97 Å². The van der Waals surface area contributed by atoms with Crippen molar-refractivity contribution in [3.63, 3.8) is 0 Å². The predicted octanol–water partition coefficient (Wildman–Crippen LogP) is 4.42. The van der Waals surface area contributed by atoms with E-state index in [1.54, 1.807) is 24.5 Å². The number of anilines is 1. The molecule has 0 bridgehead atoms. The van der Waals surface area contributed by atoms with Crippen LogP contribution in [0.3, 0.4) is 0 Å². The highest BCUT2D eigenvalue weighted by Gasteiger charge is 2.25. The minimum absolute atomic E-state index is 0.159. The van der Waals surface area contributed by atoms with E-state index in [-0.39, 0.29) is 11.8 Å². The lowest BCUT2D eigenvalue weighted by Gasteiger charge is -2.25. The van der Waals surface area contributed by atoms with Crippen LogP contribution in [0.25, 0.3) is 0 Å². The Balaban J connectivity index is 1.76. The third-order valence-electron chi connectivity index (χ3n) is 4.00. The van der Waals surface area contributed by atoms with Gasteiger partial charge in [0.2, 0.25) is 0 Å². The van der Waals surface area contributed by atoms with Gasteiger partial charge < -0.3 is 0 Å². The van der Waals surface area contributed by atoms with Crippen LogP contribution in [0.1, 0.15) is 42.7 Å². The Morgan fingerprint density at radius 2 is 2.00 bits per heavy atom. The second kappa shape index (κ2) is 6.46. The molecule has 0 radical (unpaired) electrons. The van der Waals surface area contributed by atoms with Crippen molar-refractivity contribution in [1.29, 1.82) is 0 Å². The van der Waals surface area contributed by atoms with E-state index in [0.717, 1.165) is 5.69 Å². The predicted molar refractivity (Wildman–Crippen MR) is 93.7 cm³/mol. The van der Waals surface area contributed by atoms with Crippen molar-refractivity contribution in [3.05, 3.63) is 64.5 Å². The highest BCUT2D eigenvalue weighted by atomic mass is 32.1. The van der Waals surface area contributed by atoms with Gasteiger partial charge in [0.05, 0.1) is 5.69 Å². The lowest BCUT2D eigenvalue weighted by atomic mass is 9.80. The second-order valence-corrected chi connectivity index (χ2v) is 6.76. The topological polar surface area (TPSA) is 54.9 Å². The van der Waals surface area contributed by atoms with Crippen molar-refractivity contribution in [2.45, 2.75) is 26.7 Å². The number of allylic oxidation sites excluding steroid dienone is 4. The zero-order valence-electron chi connectivity index (χ0n) is 13.4. The van der Waals surface area contributed by atoms with Crippen LogP contribution in [0.2, 0.25) is 0 Å². The van der Waals surface area contributed by atoms with E-state index in [1.165, 1.54) is 22.5 Å². The van der Waals surface area contributed by atoms with Crippen LogP contribution in [0.4, 0.5) is 5.13 Å². The Hall–Kier alpha value is -2.27. The summed E-state index contributed by atoms with van der Waals surface area (Å²) >= 11 is 1.46. The first-order chi connectivity index (χ1) is 11.0. The molecule has 118 valence electrons. The van der Waals surface area contributed by atoms with Crippen LogP contribution in [0, 0.1) is 5.92 Å². The largest absolute Gasteiger partial charge is 0.298 e. The first-order valence-electron chi connectivity index (χ1n) is 7.58. The highest BCUT2D eigenvalue weighted by Crippen LogP contribution is 2.38. The van der Waals surface area contributed by atoms with Gasteiger partial charge in [-0.25, -0.2) is 4.98 Å². The minimum Gasteiger partial charge on any atom is -0.298 e. The Bertz CT molecular complexity index is 777. The number of pyridine rings is 1. The molecular formula is C18H19N3OS. The van der Waals surface area contributed by atoms with E-state index >= 15 is 0 Å². The van der Waals surface area contributed by atoms with Crippen LogP contribution in [0.5, 0.6) is 0 Å². The maximum Gasteiger partial charge on any atom is 0.257 e. The Kier molecular flexibility index (Phi) is 4.39. The fourth-order valence-electron chi connectivity index (χ4n) is 3.08. The molecule has 2 unspecified atom stereocenters. The summed E-state index contributed by atoms with van der Waals surface area (Å²) in [5.41, 5.74) is 4.21. The van der Waals surface area contributed by atoms with E-state index in [1.807, 2.05) is 5.38 Å². The number of thiazole rings is 1. The lowest BCUT2D eigenvalue weighted by Crippen LogP contribution is -2.15. The van der Waals surface area contributed by atoms with Gasteiger partial charge in [0.25, 0.3) is 5.91 Å². The second-order valence-electron chi connectivity index (χ2n) is 5.90. The number of carbonyl (C=O) groups excluding carboxylic acids is 1. The van der Waals surface area contributed by atoms with Crippen molar-refractivity contribution in [3.8, 4) is 0 Å². The van der Waals surface area contributed by atoms with Crippen molar-refractivity contribution < 1.29 is 4.79 Å². The molecule has 3 rings (SSSR count). The number of carbonyl (C=O) groups is 1. The maximum atomic E-state index is 12.2. The summed E-state index contributed by atoms with van der Waals surface area (Å²) in [6.45, 7) is 6.48. The van der Waals surface area contributed by atoms with Gasteiger partial charge >= 0.3 is 0 Å². The number of nitrogens with one attached hydrogen (secondary N) is 1. The molecule has 0 aromatic carbocycles. The van der Waals surface area contributed by atoms with Crippen molar-refractivity contribution in [2.24, 2.45) is 5.92 Å². The SMILES string of the molecule is CC1=CC(C)C(c2csc(NC(=O)c3ccncc3)n2)C(C)=C1. The fourth-order valence-corrected chi connectivity index (χ4v) is 3.83. The molecule has 0 saturated carbocycles. The summed E-state index contributed by atoms with van der Waals surface area (Å²) in [6.07, 6.45) is 7.69. The van der Waals surface area contributed by atoms with E-state index in [4.69, 9.17) is 0 Å². The summed E-state index contributed by atoms with van der Waals surface area (Å²) < 4.78 is 0. The zero-order chi connectivity index (χ0) is 16.4. The summed E-state index contributed by atoms with van der Waals surface area (Å²) in [7, 11) is 0. The number of nitrogens with zero attached hydrogens (tertiary/aromatic N) is 2. The van der Waals surface area contributed by atoms with Gasteiger partial charge in [0.1, 0.15) is 0 Å². The molecule has 0 fully saturated rings. The number of hydrogen-bond donors (Lipinski definition) is 1. The maximum absolute atomic E-state index is 12.2. The third kappa shape index (κ3) is 3.40. The first-order valence-corrected chi connectivity index (χ1v) is 8.46. The average molecular weight is 325 g/mol. The molecule has 4 nitrogen and oxygen atoms in total. The number of amides is 1. The normalized spacial score (nSPS) is 20.7. The van der Waals surface area contributed by atoms with Gasteiger partial charge in [-0.15, -0.1) is 11.3 Å². The highest BCUT2D eigenvalue weighted by molar-refractivity contribution is 7.14. The molecule has 0 aliphatic heterocycles. The van der Waals surface area contributed by atoms with Gasteiger partial charge in [-0.1, -0.05) is 30.2 Å². The summed E-state index contributed by atoms with van der Waals surface area (Å²) in [5, 5.41) is 5.53. The van der Waals surface area contributed by atoms with Gasteiger partial charge in [-0.3, -0.25) is 15.1 Å². The van der Waals surface area contributed by atoms with Crippen LogP contribution in [0.15, 0.2) is 53.2 Å². The van der Waals surface area contributed by atoms with Gasteiger partial charge in [0, 0.05) is 29.3 Å². The minimum atomic E-state index is -0.159. The molecule has 1 aliphatic rings. The lowest BCUT2D eigenvalue weighted by molar-refractivity contribution is 0.102. The molecule has 0 saturated heterocycles. The van der Waals surface area contributed by atoms with Crippen LogP contribution in [-0.2, 0) is 0 Å². The number of rotatable bonds is 3. The molecule has 2 aromatic rings. The molecule has 2 aromatic heterocycles. The van der Waals surface area contributed by atoms with Crippen LogP contribution >= 0.6 is 11.3 Å². The van der Waals surface area contributed by atoms with E-state index in [9.17, 15) is 4.79 Å². The molecule has 2 heterocycles. The summed E-state index contributed by atoms with van der Waals surface area (Å²) in [6, 6.07) is 3.38. The third-order valence-corrected chi connectivity index (χ3v) is 4.78. The molecule has 5 heteroatoms. The van der Waals surface area contributed by atoms with Gasteiger partial charge in [-0.2, -0.15) is 0 Å². The van der Waals surface area contributed by atoms with Gasteiger partial charge in [-0.05, 0) is 31.9 Å². The number of hydrogen-bond acceptors (Lipinski definition) is 4. The standard InChI is InChI=1S/C18H19N3OS/c1-11-8-12(2)16(13(3)9-11)15-10-23-18(20-15)21-17(22)14-4-6-19-7-5-14/h4-10,12,16H,1-3H3,(H,20,21,22). The monoisotopic (exact) mass is 325 g/mol. The molecule has 1 amide bonds. The fraction of sp³-hybridized carbons (Fsp3) is 0.278. The van der Waals surface area contributed by atoms with E-state index < -0.39 is 0 Å². The molecule has 1 N–H and O–H groups in total. The van der Waals surface area contributed by atoms with E-state index in [0.29, 0.717) is 16.6 Å². The molecule has 0 spiro atoms. The summed E-state index contributed by atoms with van der Waals surface area (Å²) in [4.78, 5) is 20.7. The van der Waals surface area contributed by atoms with Crippen molar-refractivity contribution >= 4 is 22.4 Å². The smallest absolute Gasteiger partial charge is 0.257 e. The number of aromatic nitrogens is 2. The quantitative estimate of drug-likeness (QED) is 0.909. The molecule has 1 aliphatic carbocycles. The van der Waals surface area contributed by atoms with Crippen molar-refractivity contribution in [2.75, 3.05) is 5.32 Å². The molecule has 23 heavy (non-hydrogen) atoms. The van der Waals surface area contributed by atoms with E-state index in [2.05, 4.69) is 48.2 Å². The van der Waals surface area contributed by atoms with Gasteiger partial charge in [0.15, 0.2) is 5.13 Å². The molecular weight excluding hydrogens is 306 g/mol. The first kappa shape index (κ1) is 15.6. The summed E-state index contributed by atoms with van der Waals surface area (Å²) in [5.74, 6) is 0.528. The molecule has 2 atom stereocenters. The average Bonchev–Trinajstić information content (AvgIpc) is 2.95. The Morgan fingerprint density at radius 1 is 1.26 bits per heavy atom. The Morgan fingerprint density at radius 3 is 2.70 bits per heavy atom. The van der Waals surface area contributed by atoms with Crippen LogP contribution < -0.4 is 5.32 Å². The zero-order valence-corrected chi connectivity index (χ0v) is 14.2. The van der Waals surface area contributed by atoms with Crippen LogP contribution in [-0.4, -0.2) is 15.9 Å². The Labute approximate surface area is 140 Å².